The van der Waals surface area contributed by atoms with Gasteiger partial charge in [0.15, 0.2) is 0 Å². The average Bonchev–Trinajstić information content (AvgIpc) is 2.76. The van der Waals surface area contributed by atoms with E-state index >= 15 is 0 Å². The van der Waals surface area contributed by atoms with Crippen molar-refractivity contribution in [2.45, 2.75) is 65.3 Å². The summed E-state index contributed by atoms with van der Waals surface area (Å²) in [5.74, 6) is 2.78. The topological polar surface area (TPSA) is 42.7 Å². The molecule has 1 aromatic rings. The molecule has 0 aliphatic heterocycles. The third-order valence-electron chi connectivity index (χ3n) is 4.55. The van der Waals surface area contributed by atoms with Crippen LogP contribution in [0.25, 0.3) is 0 Å². The highest BCUT2D eigenvalue weighted by molar-refractivity contribution is 4.90. The fourth-order valence-corrected chi connectivity index (χ4v) is 3.41. The third-order valence-corrected chi connectivity index (χ3v) is 4.55. The van der Waals surface area contributed by atoms with Crippen molar-refractivity contribution in [3.63, 3.8) is 0 Å². The molecule has 2 unspecified atom stereocenters. The third kappa shape index (κ3) is 4.30. The molecule has 4 nitrogen and oxygen atoms in total. The van der Waals surface area contributed by atoms with Crippen LogP contribution in [0.5, 0.6) is 0 Å². The summed E-state index contributed by atoms with van der Waals surface area (Å²) in [6.45, 7) is 7.65. The average molecular weight is 278 g/mol. The van der Waals surface area contributed by atoms with Crippen LogP contribution in [-0.2, 0) is 13.0 Å². The fraction of sp³-hybridized carbons (Fsp3) is 0.875. The van der Waals surface area contributed by atoms with E-state index in [0.29, 0.717) is 0 Å². The number of hydrogen-bond donors (Lipinski definition) is 1. The van der Waals surface area contributed by atoms with Crippen LogP contribution in [0.15, 0.2) is 6.33 Å². The van der Waals surface area contributed by atoms with Gasteiger partial charge in [-0.3, -0.25) is 4.68 Å². The molecule has 4 heteroatoms. The summed E-state index contributed by atoms with van der Waals surface area (Å²) in [5.41, 5.74) is 0. The van der Waals surface area contributed by atoms with Crippen molar-refractivity contribution in [3.05, 3.63) is 12.2 Å². The molecule has 0 amide bonds. The Kier molecular flexibility index (Phi) is 6.51. The molecule has 0 saturated heterocycles. The zero-order chi connectivity index (χ0) is 14.2. The van der Waals surface area contributed by atoms with Gasteiger partial charge in [0.05, 0.1) is 0 Å². The van der Waals surface area contributed by atoms with E-state index in [9.17, 15) is 0 Å². The number of rotatable bonds is 7. The minimum Gasteiger partial charge on any atom is -0.317 e. The van der Waals surface area contributed by atoms with Gasteiger partial charge in [-0.15, -0.1) is 0 Å². The van der Waals surface area contributed by atoms with Gasteiger partial charge < -0.3 is 5.32 Å². The maximum atomic E-state index is 4.51. The van der Waals surface area contributed by atoms with Crippen molar-refractivity contribution in [1.82, 2.24) is 20.1 Å². The van der Waals surface area contributed by atoms with Gasteiger partial charge in [0.1, 0.15) is 12.2 Å². The number of nitrogens with one attached hydrogen (secondary N) is 1. The molecule has 1 aliphatic rings. The van der Waals surface area contributed by atoms with E-state index < -0.39 is 0 Å². The van der Waals surface area contributed by atoms with E-state index in [4.69, 9.17) is 0 Å². The Bertz CT molecular complexity index is 374. The quantitative estimate of drug-likeness (QED) is 0.780. The van der Waals surface area contributed by atoms with E-state index in [-0.39, 0.29) is 0 Å². The van der Waals surface area contributed by atoms with Gasteiger partial charge in [-0.05, 0) is 44.2 Å². The van der Waals surface area contributed by atoms with Crippen molar-refractivity contribution in [2.24, 2.45) is 11.8 Å². The van der Waals surface area contributed by atoms with Crippen molar-refractivity contribution in [2.75, 3.05) is 13.1 Å². The van der Waals surface area contributed by atoms with E-state index in [0.717, 1.165) is 37.8 Å². The van der Waals surface area contributed by atoms with Crippen molar-refractivity contribution in [3.8, 4) is 0 Å². The summed E-state index contributed by atoms with van der Waals surface area (Å²) in [5, 5.41) is 7.92. The Hall–Kier alpha value is -0.900. The molecule has 2 atom stereocenters. The molecule has 1 aromatic heterocycles. The normalized spacial score (nSPS) is 23.7. The van der Waals surface area contributed by atoms with E-state index in [2.05, 4.69) is 33.9 Å². The summed E-state index contributed by atoms with van der Waals surface area (Å²) in [6, 6.07) is 0. The SMILES string of the molecule is CCCn1ncnc1CC1CCCCCC1CNCC. The molecule has 0 aromatic carbocycles. The first kappa shape index (κ1) is 15.5. The van der Waals surface area contributed by atoms with E-state index in [1.807, 2.05) is 0 Å². The summed E-state index contributed by atoms with van der Waals surface area (Å²) in [4.78, 5) is 4.51. The number of aryl methyl sites for hydroxylation is 1. The lowest BCUT2D eigenvalue weighted by atomic mass is 9.85. The molecular formula is C16H30N4. The molecule has 1 saturated carbocycles. The predicted octanol–water partition coefficient (Wildman–Crippen LogP) is 3.04. The van der Waals surface area contributed by atoms with Gasteiger partial charge in [0, 0.05) is 13.0 Å². The van der Waals surface area contributed by atoms with Crippen LogP contribution in [-0.4, -0.2) is 27.9 Å². The van der Waals surface area contributed by atoms with Crippen LogP contribution in [0.2, 0.25) is 0 Å². The molecule has 20 heavy (non-hydrogen) atoms. The Labute approximate surface area is 123 Å². The van der Waals surface area contributed by atoms with Gasteiger partial charge in [0.2, 0.25) is 0 Å². The minimum atomic E-state index is 0.774. The fourth-order valence-electron chi connectivity index (χ4n) is 3.41. The van der Waals surface area contributed by atoms with Gasteiger partial charge in [-0.25, -0.2) is 4.98 Å². The van der Waals surface area contributed by atoms with Crippen LogP contribution in [0.3, 0.4) is 0 Å². The Morgan fingerprint density at radius 2 is 2.00 bits per heavy atom. The van der Waals surface area contributed by atoms with Crippen LogP contribution in [0, 0.1) is 11.8 Å². The zero-order valence-electron chi connectivity index (χ0n) is 13.1. The molecule has 1 fully saturated rings. The second-order valence-electron chi connectivity index (χ2n) is 6.07. The second-order valence-corrected chi connectivity index (χ2v) is 6.07. The van der Waals surface area contributed by atoms with Crippen molar-refractivity contribution < 1.29 is 0 Å². The van der Waals surface area contributed by atoms with Gasteiger partial charge in [-0.1, -0.05) is 33.1 Å². The highest BCUT2D eigenvalue weighted by Crippen LogP contribution is 2.30. The predicted molar refractivity (Wildman–Crippen MR) is 82.6 cm³/mol. The first-order chi connectivity index (χ1) is 9.85. The lowest BCUT2D eigenvalue weighted by Gasteiger charge is -2.25. The summed E-state index contributed by atoms with van der Waals surface area (Å²) < 4.78 is 2.11. The molecule has 1 aliphatic carbocycles. The van der Waals surface area contributed by atoms with Crippen LogP contribution >= 0.6 is 0 Å². The highest BCUT2D eigenvalue weighted by atomic mass is 15.3. The zero-order valence-corrected chi connectivity index (χ0v) is 13.1. The smallest absolute Gasteiger partial charge is 0.138 e. The van der Waals surface area contributed by atoms with Crippen LogP contribution < -0.4 is 5.32 Å². The van der Waals surface area contributed by atoms with Crippen molar-refractivity contribution >= 4 is 0 Å². The standard InChI is InChI=1S/C16H30N4/c1-3-10-20-16(18-13-19-20)11-14-8-6-5-7-9-15(14)12-17-4-2/h13-15,17H,3-12H2,1-2H3. The second kappa shape index (κ2) is 8.40. The largest absolute Gasteiger partial charge is 0.317 e. The first-order valence-electron chi connectivity index (χ1n) is 8.42. The van der Waals surface area contributed by atoms with E-state index in [1.165, 1.54) is 44.5 Å². The molecule has 0 spiro atoms. The molecular weight excluding hydrogens is 248 g/mol. The summed E-state index contributed by atoms with van der Waals surface area (Å²) in [6.07, 6.45) is 10.9. The molecule has 114 valence electrons. The van der Waals surface area contributed by atoms with Gasteiger partial charge >= 0.3 is 0 Å². The number of hydrogen-bond acceptors (Lipinski definition) is 3. The minimum absolute atomic E-state index is 0.774. The Morgan fingerprint density at radius 3 is 2.75 bits per heavy atom. The molecule has 2 rings (SSSR count). The summed E-state index contributed by atoms with van der Waals surface area (Å²) >= 11 is 0. The highest BCUT2D eigenvalue weighted by Gasteiger charge is 2.25. The molecule has 0 bridgehead atoms. The van der Waals surface area contributed by atoms with Crippen molar-refractivity contribution in [1.29, 1.82) is 0 Å². The van der Waals surface area contributed by atoms with E-state index in [1.54, 1.807) is 6.33 Å². The Morgan fingerprint density at radius 1 is 1.20 bits per heavy atom. The molecule has 0 radical (unpaired) electrons. The molecule has 1 heterocycles. The van der Waals surface area contributed by atoms with Crippen LogP contribution in [0.1, 0.15) is 58.2 Å². The number of aromatic nitrogens is 3. The van der Waals surface area contributed by atoms with Gasteiger partial charge in [-0.2, -0.15) is 5.10 Å². The maximum Gasteiger partial charge on any atom is 0.138 e. The molecule has 1 N–H and O–H groups in total. The number of nitrogens with zero attached hydrogens (tertiary/aromatic N) is 3. The lowest BCUT2D eigenvalue weighted by molar-refractivity contribution is 0.291. The maximum absolute atomic E-state index is 4.51. The monoisotopic (exact) mass is 278 g/mol. The lowest BCUT2D eigenvalue weighted by Crippen LogP contribution is -2.29. The first-order valence-corrected chi connectivity index (χ1v) is 8.42. The summed E-state index contributed by atoms with van der Waals surface area (Å²) in [7, 11) is 0. The van der Waals surface area contributed by atoms with Gasteiger partial charge in [0.25, 0.3) is 0 Å². The van der Waals surface area contributed by atoms with Crippen LogP contribution in [0.4, 0.5) is 0 Å². The Balaban J connectivity index is 2.00.